The minimum absolute atomic E-state index is 0.132. The van der Waals surface area contributed by atoms with Gasteiger partial charge in [0.05, 0.1) is 30.5 Å². The molecular weight excluding hydrogens is 433 g/mol. The lowest BCUT2D eigenvalue weighted by atomic mass is 10.1. The molecule has 0 fully saturated rings. The molecule has 0 aliphatic carbocycles. The molecule has 0 bridgehead atoms. The zero-order valence-corrected chi connectivity index (χ0v) is 18.3. The van der Waals surface area contributed by atoms with E-state index in [1.54, 1.807) is 18.2 Å². The van der Waals surface area contributed by atoms with Crippen molar-refractivity contribution in [3.63, 3.8) is 0 Å². The number of methoxy groups -OCH3 is 1. The second-order valence-corrected chi connectivity index (χ2v) is 7.34. The van der Waals surface area contributed by atoms with E-state index >= 15 is 0 Å². The van der Waals surface area contributed by atoms with Crippen molar-refractivity contribution < 1.29 is 18.7 Å². The minimum Gasteiger partial charge on any atom is -0.493 e. The van der Waals surface area contributed by atoms with Crippen LogP contribution in [-0.2, 0) is 6.61 Å². The molecule has 0 aliphatic rings. The van der Waals surface area contributed by atoms with E-state index in [1.165, 1.54) is 25.5 Å². The van der Waals surface area contributed by atoms with Crippen LogP contribution in [0.1, 0.15) is 27.0 Å². The van der Waals surface area contributed by atoms with Gasteiger partial charge >= 0.3 is 0 Å². The lowest BCUT2D eigenvalue weighted by Crippen LogP contribution is -2.19. The van der Waals surface area contributed by atoms with E-state index in [-0.39, 0.29) is 11.1 Å². The predicted octanol–water partition coefficient (Wildman–Crippen LogP) is 5.20. The number of rotatable bonds is 7. The van der Waals surface area contributed by atoms with Crippen LogP contribution in [-0.4, -0.2) is 19.2 Å². The van der Waals surface area contributed by atoms with Crippen molar-refractivity contribution >= 4 is 22.9 Å². The van der Waals surface area contributed by atoms with Gasteiger partial charge in [-0.1, -0.05) is 42.5 Å². The van der Waals surface area contributed by atoms with Crippen molar-refractivity contribution in [2.45, 2.75) is 6.61 Å². The number of ether oxygens (including phenoxy) is 2. The SMILES string of the molecule is COc1cc(/C=N\NC(=O)c2ccc(C#N)cc2F)ccc1OCc1cccc2ccccc12. The van der Waals surface area contributed by atoms with Gasteiger partial charge < -0.3 is 9.47 Å². The molecule has 0 unspecified atom stereocenters. The molecule has 0 heterocycles. The van der Waals surface area contributed by atoms with E-state index in [0.717, 1.165) is 22.4 Å². The van der Waals surface area contributed by atoms with Crippen molar-refractivity contribution in [1.29, 1.82) is 5.26 Å². The van der Waals surface area contributed by atoms with E-state index in [9.17, 15) is 9.18 Å². The summed E-state index contributed by atoms with van der Waals surface area (Å²) in [5.74, 6) is -0.439. The van der Waals surface area contributed by atoms with Crippen molar-refractivity contribution in [2.75, 3.05) is 7.11 Å². The Bertz CT molecular complexity index is 1420. The highest BCUT2D eigenvalue weighted by molar-refractivity contribution is 5.95. The Hall–Kier alpha value is -4.70. The second kappa shape index (κ2) is 10.3. The lowest BCUT2D eigenvalue weighted by molar-refractivity contribution is 0.0951. The predicted molar refractivity (Wildman–Crippen MR) is 127 cm³/mol. The fraction of sp³-hybridized carbons (Fsp3) is 0.0741. The highest BCUT2D eigenvalue weighted by atomic mass is 19.1. The highest BCUT2D eigenvalue weighted by Crippen LogP contribution is 2.29. The largest absolute Gasteiger partial charge is 0.493 e. The Balaban J connectivity index is 1.43. The van der Waals surface area contributed by atoms with Gasteiger partial charge in [0.1, 0.15) is 12.4 Å². The first-order valence-electron chi connectivity index (χ1n) is 10.4. The summed E-state index contributed by atoms with van der Waals surface area (Å²) in [4.78, 5) is 12.2. The second-order valence-electron chi connectivity index (χ2n) is 7.34. The average molecular weight is 453 g/mol. The Labute approximate surface area is 195 Å². The fourth-order valence-electron chi connectivity index (χ4n) is 3.45. The van der Waals surface area contributed by atoms with Crippen molar-refractivity contribution in [3.8, 4) is 17.6 Å². The summed E-state index contributed by atoms with van der Waals surface area (Å²) in [6, 6.07) is 24.8. The number of hydrazone groups is 1. The van der Waals surface area contributed by atoms with Gasteiger partial charge in [-0.05, 0) is 58.3 Å². The van der Waals surface area contributed by atoms with E-state index in [2.05, 4.69) is 28.7 Å². The van der Waals surface area contributed by atoms with Crippen LogP contribution in [0.3, 0.4) is 0 Å². The molecule has 34 heavy (non-hydrogen) atoms. The van der Waals surface area contributed by atoms with Gasteiger partial charge in [-0.25, -0.2) is 9.82 Å². The number of nitrogens with zero attached hydrogens (tertiary/aromatic N) is 2. The highest BCUT2D eigenvalue weighted by Gasteiger charge is 2.12. The van der Waals surface area contributed by atoms with Gasteiger partial charge in [0.25, 0.3) is 5.91 Å². The molecule has 1 N–H and O–H groups in total. The van der Waals surface area contributed by atoms with Gasteiger partial charge in [-0.15, -0.1) is 0 Å². The number of hydrogen-bond acceptors (Lipinski definition) is 5. The standard InChI is InChI=1S/C27H20FN3O3/c1-33-26-14-19(16-30-31-27(32)23-11-9-18(15-29)13-24(23)28)10-12-25(26)34-17-21-7-4-6-20-5-2-3-8-22(20)21/h2-14,16H,17H2,1H3,(H,31,32)/b30-16-. The topological polar surface area (TPSA) is 83.7 Å². The van der Waals surface area contributed by atoms with E-state index in [0.29, 0.717) is 23.7 Å². The maximum absolute atomic E-state index is 14.0. The van der Waals surface area contributed by atoms with Crippen LogP contribution in [0.2, 0.25) is 0 Å². The molecule has 0 spiro atoms. The van der Waals surface area contributed by atoms with Crippen molar-refractivity contribution in [2.24, 2.45) is 5.10 Å². The fourth-order valence-corrected chi connectivity index (χ4v) is 3.45. The number of fused-ring (bicyclic) bond motifs is 1. The Morgan fingerprint density at radius 2 is 1.88 bits per heavy atom. The zero-order chi connectivity index (χ0) is 23.9. The molecule has 4 rings (SSSR count). The zero-order valence-electron chi connectivity index (χ0n) is 18.3. The third-order valence-corrected chi connectivity index (χ3v) is 5.17. The number of carbonyl (C=O) groups excluding carboxylic acids is 1. The van der Waals surface area contributed by atoms with E-state index in [4.69, 9.17) is 14.7 Å². The van der Waals surface area contributed by atoms with Gasteiger partial charge in [-0.2, -0.15) is 10.4 Å². The number of benzene rings is 4. The lowest BCUT2D eigenvalue weighted by Gasteiger charge is -2.12. The maximum atomic E-state index is 14.0. The molecule has 0 aromatic heterocycles. The third kappa shape index (κ3) is 5.03. The quantitative estimate of drug-likeness (QED) is 0.308. The van der Waals surface area contributed by atoms with Gasteiger partial charge in [0.15, 0.2) is 11.5 Å². The van der Waals surface area contributed by atoms with Gasteiger partial charge in [0, 0.05) is 0 Å². The monoisotopic (exact) mass is 453 g/mol. The molecular formula is C27H20FN3O3. The maximum Gasteiger partial charge on any atom is 0.274 e. The number of nitriles is 1. The van der Waals surface area contributed by atoms with Crippen LogP contribution in [0.15, 0.2) is 84.0 Å². The number of amides is 1. The summed E-state index contributed by atoms with van der Waals surface area (Å²) in [5, 5.41) is 14.9. The third-order valence-electron chi connectivity index (χ3n) is 5.17. The Morgan fingerprint density at radius 3 is 2.68 bits per heavy atom. The summed E-state index contributed by atoms with van der Waals surface area (Å²) in [5.41, 5.74) is 3.91. The number of nitrogens with one attached hydrogen (secondary N) is 1. The van der Waals surface area contributed by atoms with Crippen LogP contribution < -0.4 is 14.9 Å². The summed E-state index contributed by atoms with van der Waals surface area (Å²) < 4.78 is 25.4. The van der Waals surface area contributed by atoms with Crippen LogP contribution >= 0.6 is 0 Å². The first-order chi connectivity index (χ1) is 16.6. The molecule has 1 amide bonds. The molecule has 168 valence electrons. The minimum atomic E-state index is -0.791. The molecule has 0 saturated carbocycles. The summed E-state index contributed by atoms with van der Waals surface area (Å²) in [7, 11) is 1.54. The van der Waals surface area contributed by atoms with E-state index in [1.807, 2.05) is 30.3 Å². The van der Waals surface area contributed by atoms with Crippen molar-refractivity contribution in [1.82, 2.24) is 5.43 Å². The molecule has 7 heteroatoms. The molecule has 0 atom stereocenters. The Morgan fingerprint density at radius 1 is 1.06 bits per heavy atom. The number of halogens is 1. The first-order valence-corrected chi connectivity index (χ1v) is 10.4. The molecule has 4 aromatic rings. The normalized spacial score (nSPS) is 10.7. The summed E-state index contributed by atoms with van der Waals surface area (Å²) in [6.07, 6.45) is 1.41. The molecule has 6 nitrogen and oxygen atoms in total. The summed E-state index contributed by atoms with van der Waals surface area (Å²) in [6.45, 7) is 0.372. The summed E-state index contributed by atoms with van der Waals surface area (Å²) >= 11 is 0. The average Bonchev–Trinajstić information content (AvgIpc) is 2.87. The molecule has 0 aliphatic heterocycles. The first kappa shape index (κ1) is 22.5. The number of carbonyl (C=O) groups is 1. The van der Waals surface area contributed by atoms with Gasteiger partial charge in [-0.3, -0.25) is 4.79 Å². The van der Waals surface area contributed by atoms with Crippen LogP contribution in [0.5, 0.6) is 11.5 Å². The molecule has 0 saturated heterocycles. The Kier molecular flexibility index (Phi) is 6.80. The van der Waals surface area contributed by atoms with E-state index < -0.39 is 11.7 Å². The van der Waals surface area contributed by atoms with Crippen LogP contribution in [0, 0.1) is 17.1 Å². The van der Waals surface area contributed by atoms with Crippen molar-refractivity contribution in [3.05, 3.63) is 107 Å². The smallest absolute Gasteiger partial charge is 0.274 e. The molecule has 0 radical (unpaired) electrons. The van der Waals surface area contributed by atoms with Gasteiger partial charge in [0.2, 0.25) is 0 Å². The number of hydrogen-bond donors (Lipinski definition) is 1. The van der Waals surface area contributed by atoms with Crippen LogP contribution in [0.4, 0.5) is 4.39 Å². The molecule has 4 aromatic carbocycles. The van der Waals surface area contributed by atoms with Crippen LogP contribution in [0.25, 0.3) is 10.8 Å².